The van der Waals surface area contributed by atoms with Gasteiger partial charge in [0.25, 0.3) is 5.91 Å². The summed E-state index contributed by atoms with van der Waals surface area (Å²) < 4.78 is 26.5. The summed E-state index contributed by atoms with van der Waals surface area (Å²) in [5, 5.41) is 0. The van der Waals surface area contributed by atoms with E-state index in [4.69, 9.17) is 0 Å². The van der Waals surface area contributed by atoms with Gasteiger partial charge >= 0.3 is 0 Å². The second kappa shape index (κ2) is 8.23. The van der Waals surface area contributed by atoms with Crippen LogP contribution in [-0.2, 0) is 4.79 Å². The van der Waals surface area contributed by atoms with Gasteiger partial charge in [0.2, 0.25) is 5.91 Å². The third-order valence-corrected chi connectivity index (χ3v) is 3.95. The fraction of sp³-hybridized carbons (Fsp3) is 0.0476. The molecular weight excluding hydrogens is 350 g/mol. The first-order valence-electron chi connectivity index (χ1n) is 8.21. The van der Waals surface area contributed by atoms with Gasteiger partial charge in [0.1, 0.15) is 11.6 Å². The summed E-state index contributed by atoms with van der Waals surface area (Å²) in [4.78, 5) is 24.8. The molecule has 0 heterocycles. The lowest BCUT2D eigenvalue weighted by molar-refractivity contribution is -0.122. The summed E-state index contributed by atoms with van der Waals surface area (Å²) in [5.41, 5.74) is 5.79. The van der Waals surface area contributed by atoms with Gasteiger partial charge in [0.05, 0.1) is 5.92 Å². The zero-order chi connectivity index (χ0) is 19.2. The van der Waals surface area contributed by atoms with Gasteiger partial charge in [-0.2, -0.15) is 0 Å². The van der Waals surface area contributed by atoms with Gasteiger partial charge in [-0.3, -0.25) is 20.4 Å². The molecule has 4 nitrogen and oxygen atoms in total. The van der Waals surface area contributed by atoms with Crippen molar-refractivity contribution >= 4 is 11.8 Å². The van der Waals surface area contributed by atoms with Gasteiger partial charge in [-0.25, -0.2) is 8.78 Å². The molecule has 0 saturated carbocycles. The second-order valence-corrected chi connectivity index (χ2v) is 5.86. The third kappa shape index (κ3) is 4.55. The molecule has 0 aliphatic carbocycles. The average molecular weight is 366 g/mol. The molecule has 0 saturated heterocycles. The lowest BCUT2D eigenvalue weighted by atomic mass is 9.91. The van der Waals surface area contributed by atoms with E-state index in [0.29, 0.717) is 6.07 Å². The summed E-state index contributed by atoms with van der Waals surface area (Å²) in [6.45, 7) is 0. The highest BCUT2D eigenvalue weighted by atomic mass is 19.1. The Bertz CT molecular complexity index is 887. The summed E-state index contributed by atoms with van der Waals surface area (Å²) in [6, 6.07) is 20.6. The van der Waals surface area contributed by atoms with E-state index >= 15 is 0 Å². The molecule has 2 amide bonds. The van der Waals surface area contributed by atoms with E-state index in [-0.39, 0.29) is 5.56 Å². The van der Waals surface area contributed by atoms with Crippen LogP contribution in [-0.4, -0.2) is 11.8 Å². The van der Waals surface area contributed by atoms with Crippen LogP contribution in [0, 0.1) is 11.6 Å². The number of rotatable bonds is 4. The van der Waals surface area contributed by atoms with Crippen LogP contribution in [0.4, 0.5) is 8.78 Å². The molecule has 136 valence electrons. The Morgan fingerprint density at radius 2 is 1.19 bits per heavy atom. The normalized spacial score (nSPS) is 10.5. The van der Waals surface area contributed by atoms with Crippen LogP contribution in [0.25, 0.3) is 0 Å². The van der Waals surface area contributed by atoms with Crippen LogP contribution in [0.5, 0.6) is 0 Å². The molecule has 0 aromatic heterocycles. The van der Waals surface area contributed by atoms with E-state index < -0.39 is 29.4 Å². The molecule has 0 unspecified atom stereocenters. The van der Waals surface area contributed by atoms with Gasteiger partial charge in [0, 0.05) is 11.6 Å². The van der Waals surface area contributed by atoms with Gasteiger partial charge in [-0.05, 0) is 23.3 Å². The number of amides is 2. The number of nitrogens with one attached hydrogen (secondary N) is 2. The third-order valence-electron chi connectivity index (χ3n) is 3.95. The van der Waals surface area contributed by atoms with E-state index in [1.165, 1.54) is 0 Å². The summed E-state index contributed by atoms with van der Waals surface area (Å²) in [6.07, 6.45) is 0. The predicted molar refractivity (Wildman–Crippen MR) is 96.7 cm³/mol. The first-order chi connectivity index (χ1) is 13.0. The Hall–Kier alpha value is -3.54. The van der Waals surface area contributed by atoms with Gasteiger partial charge in [-0.1, -0.05) is 60.7 Å². The van der Waals surface area contributed by atoms with E-state index in [1.54, 1.807) is 24.3 Å². The maximum Gasteiger partial charge on any atom is 0.269 e. The van der Waals surface area contributed by atoms with E-state index in [1.807, 2.05) is 36.4 Å². The van der Waals surface area contributed by atoms with Gasteiger partial charge in [-0.15, -0.1) is 0 Å². The highest BCUT2D eigenvalue weighted by Gasteiger charge is 2.23. The molecule has 0 radical (unpaired) electrons. The number of hydrazine groups is 1. The van der Waals surface area contributed by atoms with Crippen molar-refractivity contribution in [3.63, 3.8) is 0 Å². The van der Waals surface area contributed by atoms with Crippen molar-refractivity contribution in [2.45, 2.75) is 5.92 Å². The van der Waals surface area contributed by atoms with Gasteiger partial charge < -0.3 is 0 Å². The van der Waals surface area contributed by atoms with Crippen molar-refractivity contribution in [2.24, 2.45) is 0 Å². The molecule has 27 heavy (non-hydrogen) atoms. The summed E-state index contributed by atoms with van der Waals surface area (Å²) >= 11 is 0. The van der Waals surface area contributed by atoms with E-state index in [9.17, 15) is 18.4 Å². The highest BCUT2D eigenvalue weighted by Crippen LogP contribution is 2.24. The van der Waals surface area contributed by atoms with E-state index in [0.717, 1.165) is 23.3 Å². The molecule has 0 spiro atoms. The summed E-state index contributed by atoms with van der Waals surface area (Å²) in [5.74, 6) is -3.70. The Balaban J connectivity index is 1.78. The first kappa shape index (κ1) is 18.3. The predicted octanol–water partition coefficient (Wildman–Crippen LogP) is 3.56. The van der Waals surface area contributed by atoms with Crippen LogP contribution in [0.15, 0.2) is 78.9 Å². The fourth-order valence-electron chi connectivity index (χ4n) is 2.73. The minimum Gasteiger partial charge on any atom is -0.272 e. The standard InChI is InChI=1S/C21H16F2N2O2/c22-17-11-16(12-18(23)13-17)20(26)24-25-21(27)19(14-7-3-1-4-8-14)15-9-5-2-6-10-15/h1-13,19H,(H,24,26)(H,25,27). The van der Waals surface area contributed by atoms with Crippen LogP contribution >= 0.6 is 0 Å². The Kier molecular flexibility index (Phi) is 5.56. The van der Waals surface area contributed by atoms with Crippen LogP contribution in [0.2, 0.25) is 0 Å². The molecule has 6 heteroatoms. The van der Waals surface area contributed by atoms with Gasteiger partial charge in [0.15, 0.2) is 0 Å². The minimum atomic E-state index is -0.877. The molecule has 3 aromatic carbocycles. The Morgan fingerprint density at radius 3 is 1.67 bits per heavy atom. The zero-order valence-electron chi connectivity index (χ0n) is 14.2. The van der Waals surface area contributed by atoms with Crippen LogP contribution < -0.4 is 10.9 Å². The topological polar surface area (TPSA) is 58.2 Å². The Labute approximate surface area is 154 Å². The van der Waals surface area contributed by atoms with Crippen molar-refractivity contribution in [3.05, 3.63) is 107 Å². The average Bonchev–Trinajstić information content (AvgIpc) is 2.67. The maximum atomic E-state index is 13.3. The van der Waals surface area contributed by atoms with E-state index in [2.05, 4.69) is 10.9 Å². The largest absolute Gasteiger partial charge is 0.272 e. The lowest BCUT2D eigenvalue weighted by Gasteiger charge is -2.18. The number of benzene rings is 3. The second-order valence-electron chi connectivity index (χ2n) is 5.86. The quantitative estimate of drug-likeness (QED) is 0.694. The van der Waals surface area contributed by atoms with Crippen molar-refractivity contribution in [1.82, 2.24) is 10.9 Å². The smallest absolute Gasteiger partial charge is 0.269 e. The number of halogens is 2. The molecule has 0 fully saturated rings. The van der Waals surface area contributed by atoms with Crippen molar-refractivity contribution in [1.29, 1.82) is 0 Å². The number of carbonyl (C=O) groups is 2. The Morgan fingerprint density at radius 1 is 0.704 bits per heavy atom. The number of hydrogen-bond acceptors (Lipinski definition) is 2. The number of carbonyl (C=O) groups excluding carboxylic acids is 2. The zero-order valence-corrected chi connectivity index (χ0v) is 14.2. The minimum absolute atomic E-state index is 0.233. The van der Waals surface area contributed by atoms with Crippen molar-refractivity contribution in [2.75, 3.05) is 0 Å². The molecule has 0 aliphatic heterocycles. The molecule has 2 N–H and O–H groups in total. The van der Waals surface area contributed by atoms with Crippen molar-refractivity contribution < 1.29 is 18.4 Å². The highest BCUT2D eigenvalue weighted by molar-refractivity contribution is 5.96. The van der Waals surface area contributed by atoms with Crippen LogP contribution in [0.3, 0.4) is 0 Å². The monoisotopic (exact) mass is 366 g/mol. The molecule has 0 atom stereocenters. The molecular formula is C21H16F2N2O2. The molecule has 0 bridgehead atoms. The molecule has 3 rings (SSSR count). The van der Waals surface area contributed by atoms with Crippen molar-refractivity contribution in [3.8, 4) is 0 Å². The number of hydrogen-bond donors (Lipinski definition) is 2. The SMILES string of the molecule is O=C(NNC(=O)C(c1ccccc1)c1ccccc1)c1cc(F)cc(F)c1. The van der Waals surface area contributed by atoms with Crippen LogP contribution in [0.1, 0.15) is 27.4 Å². The molecule has 0 aliphatic rings. The summed E-state index contributed by atoms with van der Waals surface area (Å²) in [7, 11) is 0. The molecule has 3 aromatic rings. The first-order valence-corrected chi connectivity index (χ1v) is 8.21. The fourth-order valence-corrected chi connectivity index (χ4v) is 2.73. The lowest BCUT2D eigenvalue weighted by Crippen LogP contribution is -2.44. The maximum absolute atomic E-state index is 13.3.